The molecule has 0 radical (unpaired) electrons. The Morgan fingerprint density at radius 1 is 1.17 bits per heavy atom. The van der Waals surface area contributed by atoms with Gasteiger partial charge >= 0.3 is 0 Å². The summed E-state index contributed by atoms with van der Waals surface area (Å²) in [5.41, 5.74) is 1.59. The van der Waals surface area contributed by atoms with E-state index in [-0.39, 0.29) is 11.9 Å². The van der Waals surface area contributed by atoms with Crippen molar-refractivity contribution in [3.63, 3.8) is 0 Å². The predicted molar refractivity (Wildman–Crippen MR) is 90.5 cm³/mol. The fourth-order valence-corrected chi connectivity index (χ4v) is 3.38. The Morgan fingerprint density at radius 2 is 2.04 bits per heavy atom. The number of amides is 1. The molecule has 6 heteroatoms. The van der Waals surface area contributed by atoms with E-state index >= 15 is 0 Å². The maximum absolute atomic E-state index is 12.5. The van der Waals surface area contributed by atoms with Crippen molar-refractivity contribution in [1.82, 2.24) is 25.1 Å². The third-order valence-corrected chi connectivity index (χ3v) is 4.71. The second kappa shape index (κ2) is 6.39. The van der Waals surface area contributed by atoms with E-state index in [2.05, 4.69) is 20.4 Å². The summed E-state index contributed by atoms with van der Waals surface area (Å²) in [4.78, 5) is 20.8. The molecule has 6 nitrogen and oxygen atoms in total. The van der Waals surface area contributed by atoms with Crippen LogP contribution in [-0.4, -0.2) is 31.7 Å². The summed E-state index contributed by atoms with van der Waals surface area (Å²) < 4.78 is 1.92. The van der Waals surface area contributed by atoms with Gasteiger partial charge in [-0.3, -0.25) is 9.78 Å². The zero-order chi connectivity index (χ0) is 16.4. The van der Waals surface area contributed by atoms with Gasteiger partial charge in [0.05, 0.1) is 11.6 Å². The highest BCUT2D eigenvalue weighted by atomic mass is 16.1. The van der Waals surface area contributed by atoms with Crippen LogP contribution in [-0.2, 0) is 0 Å². The minimum atomic E-state index is -0.00930. The number of nitrogens with zero attached hydrogens (tertiary/aromatic N) is 4. The average molecular weight is 321 g/mol. The van der Waals surface area contributed by atoms with Gasteiger partial charge in [-0.05, 0) is 49.9 Å². The summed E-state index contributed by atoms with van der Waals surface area (Å²) in [5, 5.41) is 8.36. The molecule has 2 aromatic heterocycles. The van der Waals surface area contributed by atoms with Gasteiger partial charge in [-0.2, -0.15) is 5.10 Å². The molecule has 1 amide bonds. The average Bonchev–Trinajstić information content (AvgIpc) is 3.16. The molecule has 0 saturated heterocycles. The second-order valence-electron chi connectivity index (χ2n) is 6.27. The normalized spacial score (nSPS) is 20.8. The molecule has 1 N–H and O–H groups in total. The number of carbonyl (C=O) groups is 1. The molecule has 1 fully saturated rings. The second-order valence-corrected chi connectivity index (χ2v) is 6.27. The van der Waals surface area contributed by atoms with Crippen LogP contribution < -0.4 is 5.32 Å². The highest BCUT2D eigenvalue weighted by Gasteiger charge is 2.24. The van der Waals surface area contributed by atoms with E-state index < -0.39 is 0 Å². The molecule has 1 aromatic carbocycles. The van der Waals surface area contributed by atoms with Gasteiger partial charge in [0.1, 0.15) is 12.7 Å². The van der Waals surface area contributed by atoms with Crippen molar-refractivity contribution in [2.45, 2.75) is 37.8 Å². The van der Waals surface area contributed by atoms with E-state index in [4.69, 9.17) is 0 Å². The summed E-state index contributed by atoms with van der Waals surface area (Å²) in [6.07, 6.45) is 9.05. The van der Waals surface area contributed by atoms with E-state index in [1.54, 1.807) is 18.9 Å². The summed E-state index contributed by atoms with van der Waals surface area (Å²) in [6, 6.07) is 10.1. The van der Waals surface area contributed by atoms with Crippen molar-refractivity contribution in [1.29, 1.82) is 0 Å². The third kappa shape index (κ3) is 2.99. The van der Waals surface area contributed by atoms with E-state index in [0.29, 0.717) is 11.6 Å². The molecule has 24 heavy (non-hydrogen) atoms. The minimum Gasteiger partial charge on any atom is -0.349 e. The van der Waals surface area contributed by atoms with Gasteiger partial charge in [-0.1, -0.05) is 6.07 Å². The maximum Gasteiger partial charge on any atom is 0.251 e. The minimum absolute atomic E-state index is 0.00930. The van der Waals surface area contributed by atoms with Gasteiger partial charge in [0.2, 0.25) is 0 Å². The van der Waals surface area contributed by atoms with Crippen molar-refractivity contribution in [2.75, 3.05) is 0 Å². The number of carbonyl (C=O) groups excluding carboxylic acids is 1. The molecule has 3 aromatic rings. The van der Waals surface area contributed by atoms with Gasteiger partial charge in [0, 0.05) is 23.2 Å². The maximum atomic E-state index is 12.5. The standard InChI is InChI=1S/C18H19N5O/c24-18(14-3-8-17-13(10-14)2-1-9-20-17)22-15-4-6-16(7-5-15)23-12-19-11-21-23/h1-3,8-12,15-16H,4-7H2,(H,22,24). The van der Waals surface area contributed by atoms with Gasteiger partial charge in [-0.15, -0.1) is 0 Å². The molecule has 1 aliphatic rings. The Morgan fingerprint density at radius 3 is 2.83 bits per heavy atom. The molecule has 2 heterocycles. The Hall–Kier alpha value is -2.76. The van der Waals surface area contributed by atoms with Crippen LogP contribution in [0.4, 0.5) is 0 Å². The molecule has 0 unspecified atom stereocenters. The first-order chi connectivity index (χ1) is 11.8. The van der Waals surface area contributed by atoms with Gasteiger partial charge in [0.15, 0.2) is 0 Å². The van der Waals surface area contributed by atoms with Crippen LogP contribution in [0.3, 0.4) is 0 Å². The highest BCUT2D eigenvalue weighted by molar-refractivity contribution is 5.98. The lowest BCUT2D eigenvalue weighted by atomic mass is 9.91. The van der Waals surface area contributed by atoms with Crippen LogP contribution in [0.15, 0.2) is 49.2 Å². The van der Waals surface area contributed by atoms with E-state index in [9.17, 15) is 4.79 Å². The first-order valence-corrected chi connectivity index (χ1v) is 8.29. The molecule has 1 aliphatic carbocycles. The number of aromatic nitrogens is 4. The van der Waals surface area contributed by atoms with Crippen molar-refractivity contribution >= 4 is 16.8 Å². The first-order valence-electron chi connectivity index (χ1n) is 8.29. The fraction of sp³-hybridized carbons (Fsp3) is 0.333. The number of pyridine rings is 1. The lowest BCUT2D eigenvalue weighted by Gasteiger charge is -2.29. The molecular formula is C18H19N5O. The lowest BCUT2D eigenvalue weighted by Crippen LogP contribution is -2.38. The van der Waals surface area contributed by atoms with E-state index in [0.717, 1.165) is 36.6 Å². The van der Waals surface area contributed by atoms with Crippen molar-refractivity contribution < 1.29 is 4.79 Å². The summed E-state index contributed by atoms with van der Waals surface area (Å²) in [5.74, 6) is -0.00930. The molecule has 122 valence electrons. The molecule has 0 bridgehead atoms. The zero-order valence-electron chi connectivity index (χ0n) is 13.3. The largest absolute Gasteiger partial charge is 0.349 e. The quantitative estimate of drug-likeness (QED) is 0.805. The highest BCUT2D eigenvalue weighted by Crippen LogP contribution is 2.27. The monoisotopic (exact) mass is 321 g/mol. The van der Waals surface area contributed by atoms with Gasteiger partial charge < -0.3 is 5.32 Å². The number of rotatable bonds is 3. The summed E-state index contributed by atoms with van der Waals surface area (Å²) in [6.45, 7) is 0. The van der Waals surface area contributed by atoms with Crippen molar-refractivity contribution in [3.05, 3.63) is 54.7 Å². The Labute approximate surface area is 139 Å². The Kier molecular flexibility index (Phi) is 3.94. The number of hydrogen-bond donors (Lipinski definition) is 1. The predicted octanol–water partition coefficient (Wildman–Crippen LogP) is 2.74. The van der Waals surface area contributed by atoms with Crippen LogP contribution >= 0.6 is 0 Å². The molecule has 0 aliphatic heterocycles. The van der Waals surface area contributed by atoms with Gasteiger partial charge in [0.25, 0.3) is 5.91 Å². The smallest absolute Gasteiger partial charge is 0.251 e. The van der Waals surface area contributed by atoms with Crippen LogP contribution in [0.1, 0.15) is 42.1 Å². The molecule has 1 saturated carbocycles. The molecule has 0 spiro atoms. The Balaban J connectivity index is 1.39. The van der Waals surface area contributed by atoms with E-state index in [1.165, 1.54) is 0 Å². The zero-order valence-corrected chi connectivity index (χ0v) is 13.3. The molecular weight excluding hydrogens is 302 g/mol. The molecule has 0 atom stereocenters. The first kappa shape index (κ1) is 14.8. The van der Waals surface area contributed by atoms with Crippen LogP contribution in [0.2, 0.25) is 0 Å². The SMILES string of the molecule is O=C(NC1CCC(n2cncn2)CC1)c1ccc2ncccc2c1. The van der Waals surface area contributed by atoms with Gasteiger partial charge in [-0.25, -0.2) is 9.67 Å². The number of hydrogen-bond acceptors (Lipinski definition) is 4. The van der Waals surface area contributed by atoms with Crippen LogP contribution in [0.25, 0.3) is 10.9 Å². The summed E-state index contributed by atoms with van der Waals surface area (Å²) in [7, 11) is 0. The number of benzene rings is 1. The topological polar surface area (TPSA) is 72.7 Å². The van der Waals surface area contributed by atoms with Crippen molar-refractivity contribution in [2.24, 2.45) is 0 Å². The lowest BCUT2D eigenvalue weighted by molar-refractivity contribution is 0.0922. The van der Waals surface area contributed by atoms with E-state index in [1.807, 2.05) is 35.0 Å². The van der Waals surface area contributed by atoms with Crippen LogP contribution in [0, 0.1) is 0 Å². The van der Waals surface area contributed by atoms with Crippen LogP contribution in [0.5, 0.6) is 0 Å². The van der Waals surface area contributed by atoms with Crippen molar-refractivity contribution in [3.8, 4) is 0 Å². The number of nitrogens with one attached hydrogen (secondary N) is 1. The molecule has 4 rings (SSSR count). The Bertz CT molecular complexity index is 838. The summed E-state index contributed by atoms with van der Waals surface area (Å²) >= 11 is 0. The third-order valence-electron chi connectivity index (χ3n) is 4.71. The fourth-order valence-electron chi connectivity index (χ4n) is 3.38. The number of fused-ring (bicyclic) bond motifs is 1.